The summed E-state index contributed by atoms with van der Waals surface area (Å²) in [4.78, 5) is 25.5. The fourth-order valence-corrected chi connectivity index (χ4v) is 2.65. The molecule has 0 N–H and O–H groups in total. The summed E-state index contributed by atoms with van der Waals surface area (Å²) in [5.41, 5.74) is 0. The van der Waals surface area contributed by atoms with Gasteiger partial charge >= 0.3 is 5.97 Å². The van der Waals surface area contributed by atoms with Crippen LogP contribution in [0.4, 0.5) is 0 Å². The Morgan fingerprint density at radius 2 is 1.68 bits per heavy atom. The van der Waals surface area contributed by atoms with E-state index in [0.717, 1.165) is 12.8 Å². The number of hydrogen-bond acceptors (Lipinski definition) is 4. The third-order valence-corrected chi connectivity index (χ3v) is 4.43. The molecule has 1 amide bonds. The summed E-state index contributed by atoms with van der Waals surface area (Å²) in [5.74, 6) is -0.408. The first-order valence-corrected chi connectivity index (χ1v) is 9.56. The zero-order chi connectivity index (χ0) is 18.5. The molecule has 1 aromatic rings. The minimum absolute atomic E-state index is 0.00249. The molecule has 1 aromatic heterocycles. The SMILES string of the molecule is CCCCCCCCCCCC(=O)N(C)C(C)OC(=O)c1ccco1. The van der Waals surface area contributed by atoms with E-state index >= 15 is 0 Å². The molecule has 0 aliphatic heterocycles. The molecule has 1 unspecified atom stereocenters. The quantitative estimate of drug-likeness (QED) is 0.280. The molecule has 0 aliphatic carbocycles. The highest BCUT2D eigenvalue weighted by molar-refractivity contribution is 5.86. The lowest BCUT2D eigenvalue weighted by Gasteiger charge is -2.24. The Hall–Kier alpha value is -1.78. The number of amides is 1. The average Bonchev–Trinajstić information content (AvgIpc) is 3.14. The van der Waals surface area contributed by atoms with Gasteiger partial charge in [0.25, 0.3) is 0 Å². The predicted molar refractivity (Wildman–Crippen MR) is 98.2 cm³/mol. The lowest BCUT2D eigenvalue weighted by Crippen LogP contribution is -2.38. The fourth-order valence-electron chi connectivity index (χ4n) is 2.65. The van der Waals surface area contributed by atoms with Crippen molar-refractivity contribution in [3.8, 4) is 0 Å². The highest BCUT2D eigenvalue weighted by atomic mass is 16.6. The van der Waals surface area contributed by atoms with E-state index in [1.807, 2.05) is 0 Å². The van der Waals surface area contributed by atoms with Gasteiger partial charge in [0.15, 0.2) is 6.23 Å². The van der Waals surface area contributed by atoms with Crippen molar-refractivity contribution >= 4 is 11.9 Å². The van der Waals surface area contributed by atoms with Crippen LogP contribution in [0.1, 0.15) is 88.6 Å². The van der Waals surface area contributed by atoms with Crippen molar-refractivity contribution in [3.05, 3.63) is 24.2 Å². The van der Waals surface area contributed by atoms with Crippen LogP contribution in [0.3, 0.4) is 0 Å². The summed E-state index contributed by atoms with van der Waals surface area (Å²) in [6, 6.07) is 3.17. The van der Waals surface area contributed by atoms with Crippen molar-refractivity contribution in [2.45, 2.75) is 84.3 Å². The molecule has 5 heteroatoms. The van der Waals surface area contributed by atoms with Gasteiger partial charge < -0.3 is 14.1 Å². The lowest BCUT2D eigenvalue weighted by atomic mass is 10.1. The minimum atomic E-state index is -0.608. The van der Waals surface area contributed by atoms with Crippen LogP contribution >= 0.6 is 0 Å². The Morgan fingerprint density at radius 3 is 2.24 bits per heavy atom. The minimum Gasteiger partial charge on any atom is -0.457 e. The molecule has 0 bridgehead atoms. The van der Waals surface area contributed by atoms with Gasteiger partial charge in [-0.1, -0.05) is 58.3 Å². The number of nitrogens with zero attached hydrogens (tertiary/aromatic N) is 1. The van der Waals surface area contributed by atoms with Gasteiger partial charge in [-0.25, -0.2) is 4.79 Å². The van der Waals surface area contributed by atoms with E-state index in [4.69, 9.17) is 9.15 Å². The van der Waals surface area contributed by atoms with Gasteiger partial charge in [0.1, 0.15) is 0 Å². The molecule has 0 saturated carbocycles. The Bertz CT molecular complexity index is 484. The molecule has 0 spiro atoms. The van der Waals surface area contributed by atoms with Crippen LogP contribution in [0.15, 0.2) is 22.8 Å². The number of hydrogen-bond donors (Lipinski definition) is 0. The first kappa shape index (κ1) is 21.3. The molecule has 0 saturated heterocycles. The van der Waals surface area contributed by atoms with Crippen LogP contribution in [-0.2, 0) is 9.53 Å². The Kier molecular flexibility index (Phi) is 10.7. The zero-order valence-electron chi connectivity index (χ0n) is 16.0. The Labute approximate surface area is 151 Å². The van der Waals surface area contributed by atoms with Crippen molar-refractivity contribution in [1.29, 1.82) is 0 Å². The summed E-state index contributed by atoms with van der Waals surface area (Å²) in [7, 11) is 1.66. The van der Waals surface area contributed by atoms with E-state index in [9.17, 15) is 9.59 Å². The van der Waals surface area contributed by atoms with E-state index in [1.165, 1.54) is 56.1 Å². The summed E-state index contributed by atoms with van der Waals surface area (Å²) in [6.07, 6.45) is 12.3. The average molecular weight is 351 g/mol. The number of esters is 1. The number of unbranched alkanes of at least 4 members (excludes halogenated alkanes) is 8. The van der Waals surface area contributed by atoms with Gasteiger partial charge in [0.05, 0.1) is 6.26 Å². The Balaban J connectivity index is 2.11. The molecule has 1 heterocycles. The third kappa shape index (κ3) is 8.75. The summed E-state index contributed by atoms with van der Waals surface area (Å²) < 4.78 is 10.2. The van der Waals surface area contributed by atoms with Crippen LogP contribution in [0, 0.1) is 0 Å². The summed E-state index contributed by atoms with van der Waals surface area (Å²) in [5, 5.41) is 0. The first-order valence-electron chi connectivity index (χ1n) is 9.56. The second-order valence-corrected chi connectivity index (χ2v) is 6.56. The molecule has 0 fully saturated rings. The highest BCUT2D eigenvalue weighted by Crippen LogP contribution is 2.12. The predicted octanol–water partition coefficient (Wildman–Crippen LogP) is 5.16. The molecule has 1 atom stereocenters. The molecule has 0 radical (unpaired) electrons. The standard InChI is InChI=1S/C20H33NO4/c1-4-5-6-7-8-9-10-11-12-15-19(22)21(3)17(2)25-20(23)18-14-13-16-24-18/h13-14,16-17H,4-12,15H2,1-3H3. The van der Waals surface area contributed by atoms with E-state index in [2.05, 4.69) is 6.92 Å². The van der Waals surface area contributed by atoms with E-state index in [-0.39, 0.29) is 11.7 Å². The molecule has 0 aromatic carbocycles. The highest BCUT2D eigenvalue weighted by Gasteiger charge is 2.20. The molecular formula is C20H33NO4. The number of rotatable bonds is 13. The van der Waals surface area contributed by atoms with E-state index in [0.29, 0.717) is 6.42 Å². The van der Waals surface area contributed by atoms with Crippen LogP contribution < -0.4 is 0 Å². The maximum Gasteiger partial charge on any atom is 0.376 e. The molecule has 5 nitrogen and oxygen atoms in total. The largest absolute Gasteiger partial charge is 0.457 e. The van der Waals surface area contributed by atoms with Crippen molar-refractivity contribution < 1.29 is 18.7 Å². The van der Waals surface area contributed by atoms with Crippen LogP contribution in [0.5, 0.6) is 0 Å². The number of ether oxygens (including phenoxy) is 1. The topological polar surface area (TPSA) is 59.8 Å². The molecule has 25 heavy (non-hydrogen) atoms. The summed E-state index contributed by atoms with van der Waals surface area (Å²) in [6.45, 7) is 3.92. The van der Waals surface area contributed by atoms with Gasteiger partial charge in [0, 0.05) is 13.5 Å². The van der Waals surface area contributed by atoms with Gasteiger partial charge in [-0.05, 0) is 25.5 Å². The van der Waals surface area contributed by atoms with Crippen LogP contribution in [0.25, 0.3) is 0 Å². The maximum absolute atomic E-state index is 12.2. The van der Waals surface area contributed by atoms with E-state index < -0.39 is 12.2 Å². The Morgan fingerprint density at radius 1 is 1.08 bits per heavy atom. The second kappa shape index (κ2) is 12.6. The monoisotopic (exact) mass is 351 g/mol. The van der Waals surface area contributed by atoms with Crippen molar-refractivity contribution in [3.63, 3.8) is 0 Å². The van der Waals surface area contributed by atoms with Crippen molar-refractivity contribution in [2.24, 2.45) is 0 Å². The molecule has 142 valence electrons. The van der Waals surface area contributed by atoms with Crippen LogP contribution in [-0.4, -0.2) is 30.1 Å². The normalized spacial score (nSPS) is 12.0. The molecular weight excluding hydrogens is 318 g/mol. The van der Waals surface area contributed by atoms with Gasteiger partial charge in [-0.2, -0.15) is 0 Å². The lowest BCUT2D eigenvalue weighted by molar-refractivity contribution is -0.138. The van der Waals surface area contributed by atoms with Gasteiger partial charge in [-0.15, -0.1) is 0 Å². The number of furan rings is 1. The maximum atomic E-state index is 12.2. The molecule has 1 rings (SSSR count). The van der Waals surface area contributed by atoms with Crippen molar-refractivity contribution in [1.82, 2.24) is 4.90 Å². The second-order valence-electron chi connectivity index (χ2n) is 6.56. The van der Waals surface area contributed by atoms with Gasteiger partial charge in [-0.3, -0.25) is 4.79 Å². The van der Waals surface area contributed by atoms with E-state index in [1.54, 1.807) is 26.1 Å². The molecule has 0 aliphatic rings. The third-order valence-electron chi connectivity index (χ3n) is 4.43. The number of carbonyl (C=O) groups is 2. The summed E-state index contributed by atoms with van der Waals surface area (Å²) >= 11 is 0. The first-order chi connectivity index (χ1) is 12.1. The van der Waals surface area contributed by atoms with Gasteiger partial charge in [0.2, 0.25) is 11.7 Å². The van der Waals surface area contributed by atoms with Crippen LogP contribution in [0.2, 0.25) is 0 Å². The fraction of sp³-hybridized carbons (Fsp3) is 0.700. The van der Waals surface area contributed by atoms with Crippen molar-refractivity contribution in [2.75, 3.05) is 7.05 Å². The number of carbonyl (C=O) groups excluding carboxylic acids is 2. The zero-order valence-corrected chi connectivity index (χ0v) is 16.0. The smallest absolute Gasteiger partial charge is 0.376 e.